The molecule has 0 saturated carbocycles. The van der Waals surface area contributed by atoms with Gasteiger partial charge in [0.25, 0.3) is 0 Å². The third-order valence-corrected chi connectivity index (χ3v) is 10.1. The molecule has 232 valence electrons. The number of hydrogen-bond acceptors (Lipinski definition) is 7. The Kier molecular flexibility index (Phi) is 9.33. The van der Waals surface area contributed by atoms with Crippen molar-refractivity contribution < 1.29 is 9.31 Å². The van der Waals surface area contributed by atoms with Crippen molar-refractivity contribution >= 4 is 18.5 Å². The number of nitrogens with zero attached hydrogens (tertiary/aromatic N) is 4. The van der Waals surface area contributed by atoms with Crippen LogP contribution in [0.1, 0.15) is 80.4 Å². The van der Waals surface area contributed by atoms with Gasteiger partial charge in [0, 0.05) is 4.88 Å². The summed E-state index contributed by atoms with van der Waals surface area (Å²) >= 11 is 1.72. The predicted octanol–water partition coefficient (Wildman–Crippen LogP) is 7.67. The van der Waals surface area contributed by atoms with Crippen molar-refractivity contribution in [1.82, 2.24) is 25.5 Å². The molecule has 1 fully saturated rings. The second-order valence-electron chi connectivity index (χ2n) is 12.8. The van der Waals surface area contributed by atoms with E-state index in [1.807, 2.05) is 4.68 Å². The maximum atomic E-state index is 6.30. The van der Waals surface area contributed by atoms with Crippen molar-refractivity contribution in [3.8, 4) is 0 Å². The van der Waals surface area contributed by atoms with Crippen LogP contribution in [0.15, 0.2) is 109 Å². The highest BCUT2D eigenvalue weighted by Crippen LogP contribution is 2.41. The SMILES string of the molecule is CC1(C)OB(CCCCC(NC(c2ccccc2)(c2ccccc2)c2ccccc2)c2nnnn2Cc2cccs2)OC1(C)C. The Morgan fingerprint density at radius 1 is 0.778 bits per heavy atom. The van der Waals surface area contributed by atoms with Gasteiger partial charge in [-0.25, -0.2) is 4.68 Å². The van der Waals surface area contributed by atoms with E-state index < -0.39 is 5.54 Å². The monoisotopic (exact) mass is 619 g/mol. The van der Waals surface area contributed by atoms with E-state index in [-0.39, 0.29) is 24.4 Å². The molecule has 0 amide bonds. The zero-order valence-corrected chi connectivity index (χ0v) is 27.4. The fourth-order valence-electron chi connectivity index (χ4n) is 6.21. The topological polar surface area (TPSA) is 74.1 Å². The van der Waals surface area contributed by atoms with Crippen LogP contribution in [0.5, 0.6) is 0 Å². The Hall–Kier alpha value is -3.63. The first kappa shape index (κ1) is 31.4. The van der Waals surface area contributed by atoms with E-state index in [1.54, 1.807) is 11.3 Å². The van der Waals surface area contributed by atoms with Crippen LogP contribution in [0.4, 0.5) is 0 Å². The van der Waals surface area contributed by atoms with Gasteiger partial charge >= 0.3 is 7.12 Å². The molecule has 1 aliphatic heterocycles. The molecule has 1 aliphatic rings. The smallest absolute Gasteiger partial charge is 0.403 e. The normalized spacial score (nSPS) is 16.6. The largest absolute Gasteiger partial charge is 0.457 e. The standard InChI is InChI=1S/C36H42BN5O2S/c1-34(2)35(3,4)44-37(43-34)25-15-14-24-32(33-39-40-41-42(33)27-31-23-16-26-45-31)38-36(28-17-8-5-9-18-28,29-19-10-6-11-20-29)30-21-12-7-13-22-30/h5-13,16-23,26,32,38H,14-15,24-25,27H2,1-4H3. The number of thiophene rings is 1. The number of rotatable bonds is 13. The molecule has 3 aromatic carbocycles. The highest BCUT2D eigenvalue weighted by atomic mass is 32.1. The van der Waals surface area contributed by atoms with Gasteiger partial charge in [-0.2, -0.15) is 0 Å². The Bertz CT molecular complexity index is 1520. The maximum Gasteiger partial charge on any atom is 0.457 e. The number of aromatic nitrogens is 4. The molecule has 1 N–H and O–H groups in total. The molecule has 9 heteroatoms. The summed E-state index contributed by atoms with van der Waals surface area (Å²) in [5.74, 6) is 0.825. The third-order valence-electron chi connectivity index (χ3n) is 9.25. The van der Waals surface area contributed by atoms with Crippen LogP contribution in [0.25, 0.3) is 0 Å². The molecule has 0 bridgehead atoms. The first-order chi connectivity index (χ1) is 21.8. The maximum absolute atomic E-state index is 6.30. The number of unbranched alkanes of at least 4 members (excludes halogenated alkanes) is 1. The average Bonchev–Trinajstić information content (AvgIpc) is 3.78. The van der Waals surface area contributed by atoms with Crippen LogP contribution in [-0.4, -0.2) is 38.5 Å². The second kappa shape index (κ2) is 13.4. The first-order valence-electron chi connectivity index (χ1n) is 15.9. The van der Waals surface area contributed by atoms with Gasteiger partial charge < -0.3 is 9.31 Å². The van der Waals surface area contributed by atoms with Crippen molar-refractivity contribution in [2.45, 2.75) is 82.6 Å². The fraction of sp³-hybridized carbons (Fsp3) is 0.361. The molecule has 3 heterocycles. The molecule has 1 atom stereocenters. The molecule has 0 radical (unpaired) electrons. The average molecular weight is 620 g/mol. The van der Waals surface area contributed by atoms with Crippen molar-refractivity contribution in [2.75, 3.05) is 0 Å². The van der Waals surface area contributed by atoms with Crippen LogP contribution in [-0.2, 0) is 21.4 Å². The van der Waals surface area contributed by atoms with Gasteiger partial charge in [-0.3, -0.25) is 5.32 Å². The zero-order chi connectivity index (χ0) is 31.3. The van der Waals surface area contributed by atoms with Gasteiger partial charge in [0.05, 0.1) is 29.3 Å². The summed E-state index contributed by atoms with van der Waals surface area (Å²) in [5, 5.41) is 19.6. The minimum Gasteiger partial charge on any atom is -0.403 e. The van der Waals surface area contributed by atoms with Crippen molar-refractivity contribution in [1.29, 1.82) is 0 Å². The van der Waals surface area contributed by atoms with Gasteiger partial charge in [0.1, 0.15) is 0 Å². The Balaban J connectivity index is 1.36. The van der Waals surface area contributed by atoms with Gasteiger partial charge in [0.2, 0.25) is 0 Å². The summed E-state index contributed by atoms with van der Waals surface area (Å²) in [6.45, 7) is 9.06. The molecular formula is C36H42BN5O2S. The lowest BCUT2D eigenvalue weighted by atomic mass is 9.76. The number of nitrogens with one attached hydrogen (secondary N) is 1. The molecule has 1 unspecified atom stereocenters. The van der Waals surface area contributed by atoms with Crippen LogP contribution in [0.2, 0.25) is 6.32 Å². The minimum atomic E-state index is -0.653. The summed E-state index contributed by atoms with van der Waals surface area (Å²) in [4.78, 5) is 1.21. The van der Waals surface area contributed by atoms with Crippen molar-refractivity contribution in [3.63, 3.8) is 0 Å². The molecule has 2 aromatic heterocycles. The third kappa shape index (κ3) is 6.68. The lowest BCUT2D eigenvalue weighted by molar-refractivity contribution is 0.00578. The number of benzene rings is 3. The summed E-state index contributed by atoms with van der Waals surface area (Å²) in [6.07, 6.45) is 3.57. The van der Waals surface area contributed by atoms with Crippen LogP contribution in [0, 0.1) is 0 Å². The summed E-state index contributed by atoms with van der Waals surface area (Å²) in [7, 11) is -0.206. The highest BCUT2D eigenvalue weighted by molar-refractivity contribution is 7.09. The zero-order valence-electron chi connectivity index (χ0n) is 26.6. The Labute approximate surface area is 271 Å². The molecule has 45 heavy (non-hydrogen) atoms. The fourth-order valence-corrected chi connectivity index (χ4v) is 6.89. The van der Waals surface area contributed by atoms with Gasteiger partial charge in [-0.05, 0) is 79.0 Å². The minimum absolute atomic E-state index is 0.154. The summed E-state index contributed by atoms with van der Waals surface area (Å²) in [6, 6.07) is 36.1. The number of hydrogen-bond donors (Lipinski definition) is 1. The predicted molar refractivity (Wildman–Crippen MR) is 181 cm³/mol. The van der Waals surface area contributed by atoms with Crippen molar-refractivity contribution in [3.05, 3.63) is 136 Å². The van der Waals surface area contributed by atoms with E-state index in [1.165, 1.54) is 4.88 Å². The first-order valence-corrected chi connectivity index (χ1v) is 16.7. The lowest BCUT2D eigenvalue weighted by Crippen LogP contribution is -2.47. The van der Waals surface area contributed by atoms with E-state index >= 15 is 0 Å². The molecule has 1 saturated heterocycles. The van der Waals surface area contributed by atoms with E-state index in [4.69, 9.17) is 9.31 Å². The molecular weight excluding hydrogens is 577 g/mol. The van der Waals surface area contributed by atoms with Crippen LogP contribution < -0.4 is 5.32 Å². The molecule has 0 aliphatic carbocycles. The van der Waals surface area contributed by atoms with Gasteiger partial charge in [0.15, 0.2) is 5.82 Å². The summed E-state index contributed by atoms with van der Waals surface area (Å²) < 4.78 is 14.6. The van der Waals surface area contributed by atoms with Gasteiger partial charge in [-0.1, -0.05) is 110 Å². The van der Waals surface area contributed by atoms with E-state index in [0.717, 1.165) is 48.1 Å². The molecule has 7 nitrogen and oxygen atoms in total. The van der Waals surface area contributed by atoms with E-state index in [9.17, 15) is 0 Å². The second-order valence-corrected chi connectivity index (χ2v) is 13.8. The molecule has 5 aromatic rings. The van der Waals surface area contributed by atoms with Crippen LogP contribution >= 0.6 is 11.3 Å². The van der Waals surface area contributed by atoms with Crippen molar-refractivity contribution in [2.24, 2.45) is 0 Å². The van der Waals surface area contributed by atoms with E-state index in [2.05, 4.69) is 157 Å². The highest BCUT2D eigenvalue weighted by Gasteiger charge is 2.50. The molecule has 0 spiro atoms. The quantitative estimate of drug-likeness (QED) is 0.0829. The van der Waals surface area contributed by atoms with Crippen LogP contribution in [0.3, 0.4) is 0 Å². The Morgan fingerprint density at radius 3 is 1.84 bits per heavy atom. The molecule has 6 rings (SSSR count). The Morgan fingerprint density at radius 2 is 1.33 bits per heavy atom. The summed E-state index contributed by atoms with van der Waals surface area (Å²) in [5.41, 5.74) is 2.16. The van der Waals surface area contributed by atoms with Gasteiger partial charge in [-0.15, -0.1) is 16.4 Å². The van der Waals surface area contributed by atoms with E-state index in [0.29, 0.717) is 6.54 Å². The number of tetrazole rings is 1. The lowest BCUT2D eigenvalue weighted by Gasteiger charge is -2.40.